The summed E-state index contributed by atoms with van der Waals surface area (Å²) in [5.41, 5.74) is 7.77. The highest BCUT2D eigenvalue weighted by atomic mass is 35.5. The summed E-state index contributed by atoms with van der Waals surface area (Å²) in [4.78, 5) is 4.03. The normalized spacial score (nSPS) is 10.2. The van der Waals surface area contributed by atoms with Crippen LogP contribution in [-0.2, 0) is 6.42 Å². The number of pyridine rings is 1. The second-order valence-corrected chi connectivity index (χ2v) is 4.99. The first-order chi connectivity index (χ1) is 9.04. The van der Waals surface area contributed by atoms with Crippen LogP contribution in [0, 0.1) is 11.3 Å². The van der Waals surface area contributed by atoms with Crippen molar-refractivity contribution in [3.8, 4) is 17.2 Å². The quantitative estimate of drug-likeness (QED) is 0.838. The zero-order valence-corrected chi connectivity index (χ0v) is 11.9. The minimum absolute atomic E-state index is 0.207. The zero-order chi connectivity index (χ0) is 14.0. The number of aromatic nitrogens is 1. The van der Waals surface area contributed by atoms with Crippen LogP contribution in [0.4, 0.5) is 5.82 Å². The highest BCUT2D eigenvalue weighted by molar-refractivity contribution is 6.49. The van der Waals surface area contributed by atoms with Crippen molar-refractivity contribution in [1.82, 2.24) is 4.98 Å². The molecule has 0 radical (unpaired) electrons. The van der Waals surface area contributed by atoms with Crippen LogP contribution in [0.1, 0.15) is 5.56 Å². The van der Waals surface area contributed by atoms with E-state index in [0.717, 1.165) is 11.1 Å². The van der Waals surface area contributed by atoms with Crippen molar-refractivity contribution in [3.63, 3.8) is 0 Å². The van der Waals surface area contributed by atoms with E-state index in [1.54, 1.807) is 24.4 Å². The number of anilines is 1. The summed E-state index contributed by atoms with van der Waals surface area (Å²) in [5, 5.41) is 9.85. The van der Waals surface area contributed by atoms with Gasteiger partial charge < -0.3 is 5.73 Å². The third-order valence-electron chi connectivity index (χ3n) is 2.61. The van der Waals surface area contributed by atoms with Gasteiger partial charge in [-0.25, -0.2) is 4.98 Å². The van der Waals surface area contributed by atoms with Gasteiger partial charge in [-0.15, -0.1) is 0 Å². The van der Waals surface area contributed by atoms with Crippen molar-refractivity contribution in [2.75, 3.05) is 5.73 Å². The van der Waals surface area contributed by atoms with E-state index in [4.69, 9.17) is 45.8 Å². The second kappa shape index (κ2) is 5.66. The Balaban J connectivity index is 2.66. The van der Waals surface area contributed by atoms with Crippen molar-refractivity contribution in [3.05, 3.63) is 45.0 Å². The SMILES string of the molecule is N#CCc1cc(N)ncc1-c1ccc(Cl)c(Cl)c1Cl. The summed E-state index contributed by atoms with van der Waals surface area (Å²) in [6.07, 6.45) is 1.78. The monoisotopic (exact) mass is 311 g/mol. The van der Waals surface area contributed by atoms with Gasteiger partial charge in [0.05, 0.1) is 27.6 Å². The molecule has 6 heteroatoms. The first-order valence-electron chi connectivity index (χ1n) is 5.29. The molecule has 2 rings (SSSR count). The van der Waals surface area contributed by atoms with Gasteiger partial charge in [0.1, 0.15) is 5.82 Å². The standard InChI is InChI=1S/C13H8Cl3N3/c14-10-2-1-8(12(15)13(10)16)9-6-19-11(18)5-7(9)3-4-17/h1-2,5-6H,3H2,(H2,18,19). The number of hydrogen-bond donors (Lipinski definition) is 1. The molecule has 0 aliphatic rings. The molecule has 3 nitrogen and oxygen atoms in total. The third-order valence-corrected chi connectivity index (χ3v) is 3.90. The summed E-state index contributed by atoms with van der Waals surface area (Å²) in [6, 6.07) is 7.12. The predicted octanol–water partition coefficient (Wildman–Crippen LogP) is 4.36. The molecule has 1 aromatic heterocycles. The zero-order valence-electron chi connectivity index (χ0n) is 9.62. The van der Waals surface area contributed by atoms with E-state index >= 15 is 0 Å². The topological polar surface area (TPSA) is 62.7 Å². The fraction of sp³-hybridized carbons (Fsp3) is 0.0769. The molecule has 0 saturated carbocycles. The van der Waals surface area contributed by atoms with Gasteiger partial charge in [0.25, 0.3) is 0 Å². The lowest BCUT2D eigenvalue weighted by Gasteiger charge is -2.11. The highest BCUT2D eigenvalue weighted by Crippen LogP contribution is 2.39. The fourth-order valence-corrected chi connectivity index (χ4v) is 2.36. The molecule has 0 atom stereocenters. The first kappa shape index (κ1) is 14.0. The Bertz CT molecular complexity index is 678. The van der Waals surface area contributed by atoms with Gasteiger partial charge in [-0.1, -0.05) is 40.9 Å². The molecule has 0 amide bonds. The van der Waals surface area contributed by atoms with Crippen LogP contribution >= 0.6 is 34.8 Å². The van der Waals surface area contributed by atoms with Crippen molar-refractivity contribution in [1.29, 1.82) is 5.26 Å². The number of hydrogen-bond acceptors (Lipinski definition) is 3. The van der Waals surface area contributed by atoms with Gasteiger partial charge in [0, 0.05) is 17.3 Å². The number of nitrogens with zero attached hydrogens (tertiary/aromatic N) is 2. The maximum Gasteiger partial charge on any atom is 0.123 e. The van der Waals surface area contributed by atoms with Gasteiger partial charge in [-0.3, -0.25) is 0 Å². The molecular weight excluding hydrogens is 305 g/mol. The average molecular weight is 313 g/mol. The molecule has 1 aromatic carbocycles. The molecule has 2 aromatic rings. The number of nitrogen functional groups attached to an aromatic ring is 1. The largest absolute Gasteiger partial charge is 0.384 e. The fourth-order valence-electron chi connectivity index (χ4n) is 1.72. The molecule has 2 N–H and O–H groups in total. The molecule has 0 unspecified atom stereocenters. The number of halogens is 3. The molecule has 0 fully saturated rings. The maximum atomic E-state index is 8.86. The van der Waals surface area contributed by atoms with E-state index in [0.29, 0.717) is 21.4 Å². The Hall–Kier alpha value is -1.47. The molecule has 0 bridgehead atoms. The lowest BCUT2D eigenvalue weighted by molar-refractivity contribution is 1.22. The lowest BCUT2D eigenvalue weighted by Crippen LogP contribution is -1.96. The third kappa shape index (κ3) is 2.76. The van der Waals surface area contributed by atoms with Gasteiger partial charge in [0.15, 0.2) is 0 Å². The van der Waals surface area contributed by atoms with Crippen LogP contribution < -0.4 is 5.73 Å². The molecule has 96 valence electrons. The van der Waals surface area contributed by atoms with E-state index in [9.17, 15) is 0 Å². The maximum absolute atomic E-state index is 8.86. The molecule has 1 heterocycles. The summed E-state index contributed by atoms with van der Waals surface area (Å²) in [7, 11) is 0. The average Bonchev–Trinajstić information content (AvgIpc) is 2.38. The summed E-state index contributed by atoms with van der Waals surface area (Å²) in [6.45, 7) is 0. The minimum Gasteiger partial charge on any atom is -0.384 e. The number of nitriles is 1. The lowest BCUT2D eigenvalue weighted by atomic mass is 10.00. The Morgan fingerprint density at radius 1 is 1.16 bits per heavy atom. The van der Waals surface area contributed by atoms with Gasteiger partial charge >= 0.3 is 0 Å². The van der Waals surface area contributed by atoms with Crippen molar-refractivity contribution < 1.29 is 0 Å². The van der Waals surface area contributed by atoms with Crippen molar-refractivity contribution in [2.24, 2.45) is 0 Å². The van der Waals surface area contributed by atoms with Crippen LogP contribution in [0.25, 0.3) is 11.1 Å². The van der Waals surface area contributed by atoms with Crippen molar-refractivity contribution >= 4 is 40.6 Å². The van der Waals surface area contributed by atoms with E-state index in [1.807, 2.05) is 0 Å². The Morgan fingerprint density at radius 2 is 1.89 bits per heavy atom. The van der Waals surface area contributed by atoms with E-state index in [1.165, 1.54) is 0 Å². The Kier molecular flexibility index (Phi) is 4.16. The van der Waals surface area contributed by atoms with E-state index in [2.05, 4.69) is 11.1 Å². The summed E-state index contributed by atoms with van der Waals surface area (Å²) >= 11 is 18.1. The van der Waals surface area contributed by atoms with Crippen LogP contribution in [0.2, 0.25) is 15.1 Å². The molecular formula is C13H8Cl3N3. The summed E-state index contributed by atoms with van der Waals surface area (Å²) in [5.74, 6) is 0.352. The molecule has 0 aliphatic heterocycles. The number of nitrogens with two attached hydrogens (primary N) is 1. The molecule has 0 saturated heterocycles. The Labute approximate surface area is 125 Å². The predicted molar refractivity (Wildman–Crippen MR) is 78.4 cm³/mol. The minimum atomic E-state index is 0.207. The van der Waals surface area contributed by atoms with E-state index in [-0.39, 0.29) is 11.4 Å². The molecule has 0 spiro atoms. The van der Waals surface area contributed by atoms with Gasteiger partial charge in [0.2, 0.25) is 0 Å². The number of benzene rings is 1. The Morgan fingerprint density at radius 3 is 2.58 bits per heavy atom. The highest BCUT2D eigenvalue weighted by Gasteiger charge is 2.14. The molecule has 0 aliphatic carbocycles. The second-order valence-electron chi connectivity index (χ2n) is 3.82. The van der Waals surface area contributed by atoms with Gasteiger partial charge in [-0.05, 0) is 17.7 Å². The smallest absolute Gasteiger partial charge is 0.123 e. The van der Waals surface area contributed by atoms with Crippen molar-refractivity contribution in [2.45, 2.75) is 6.42 Å². The van der Waals surface area contributed by atoms with Crippen LogP contribution in [-0.4, -0.2) is 4.98 Å². The van der Waals surface area contributed by atoms with Gasteiger partial charge in [-0.2, -0.15) is 5.26 Å². The number of rotatable bonds is 2. The van der Waals surface area contributed by atoms with Crippen LogP contribution in [0.15, 0.2) is 24.4 Å². The first-order valence-corrected chi connectivity index (χ1v) is 6.43. The van der Waals surface area contributed by atoms with Crippen LogP contribution in [0.5, 0.6) is 0 Å². The molecule has 19 heavy (non-hydrogen) atoms. The van der Waals surface area contributed by atoms with E-state index < -0.39 is 0 Å². The summed E-state index contributed by atoms with van der Waals surface area (Å²) < 4.78 is 0. The van der Waals surface area contributed by atoms with Crippen LogP contribution in [0.3, 0.4) is 0 Å².